The molecule has 1 aliphatic rings. The van der Waals surface area contributed by atoms with Gasteiger partial charge in [0.25, 0.3) is 11.8 Å². The van der Waals surface area contributed by atoms with Gasteiger partial charge in [-0.2, -0.15) is 0 Å². The molecule has 0 radical (unpaired) electrons. The fraction of sp³-hybridized carbons (Fsp3) is 0.600. The quantitative estimate of drug-likeness (QED) is 0.674. The molecule has 0 saturated carbocycles. The summed E-state index contributed by atoms with van der Waals surface area (Å²) in [6.45, 7) is 3.98. The third-order valence-corrected chi connectivity index (χ3v) is 2.45. The Balaban J connectivity index is 2.57. The molecule has 0 aromatic rings. The van der Waals surface area contributed by atoms with Crippen molar-refractivity contribution in [2.45, 2.75) is 32.9 Å². The van der Waals surface area contributed by atoms with Gasteiger partial charge in [0.05, 0.1) is 0 Å². The molecule has 0 saturated heterocycles. The molecule has 0 spiro atoms. The van der Waals surface area contributed by atoms with Crippen LogP contribution in [0, 0.1) is 5.92 Å². The van der Waals surface area contributed by atoms with Crippen LogP contribution in [0.25, 0.3) is 0 Å². The number of hydrogen-bond acceptors (Lipinski definition) is 3. The highest BCUT2D eigenvalue weighted by atomic mass is 16.3. The first-order valence-electron chi connectivity index (χ1n) is 4.79. The molecule has 0 aliphatic carbocycles. The van der Waals surface area contributed by atoms with Crippen LogP contribution in [0.1, 0.15) is 26.7 Å². The third-order valence-electron chi connectivity index (χ3n) is 2.45. The summed E-state index contributed by atoms with van der Waals surface area (Å²) >= 11 is 0. The van der Waals surface area contributed by atoms with Gasteiger partial charge in [0, 0.05) is 12.2 Å². The first-order chi connectivity index (χ1) is 6.56. The van der Waals surface area contributed by atoms with Crippen LogP contribution >= 0.6 is 0 Å². The van der Waals surface area contributed by atoms with Crippen LogP contribution in [0.3, 0.4) is 0 Å². The van der Waals surface area contributed by atoms with Gasteiger partial charge in [0.1, 0.15) is 6.23 Å². The van der Waals surface area contributed by atoms with Crippen LogP contribution in [0.2, 0.25) is 0 Å². The van der Waals surface area contributed by atoms with Gasteiger partial charge in [-0.25, -0.2) is 4.90 Å². The molecule has 1 heterocycles. The summed E-state index contributed by atoms with van der Waals surface area (Å²) in [6, 6.07) is 0. The van der Waals surface area contributed by atoms with Crippen molar-refractivity contribution in [2.75, 3.05) is 0 Å². The lowest BCUT2D eigenvalue weighted by atomic mass is 10.0. The Morgan fingerprint density at radius 3 is 2.29 bits per heavy atom. The summed E-state index contributed by atoms with van der Waals surface area (Å²) in [5, 5.41) is 9.64. The fourth-order valence-electron chi connectivity index (χ4n) is 1.34. The van der Waals surface area contributed by atoms with E-state index in [1.165, 1.54) is 12.2 Å². The van der Waals surface area contributed by atoms with Gasteiger partial charge < -0.3 is 5.11 Å². The second-order valence-electron chi connectivity index (χ2n) is 3.61. The highest BCUT2D eigenvalue weighted by Gasteiger charge is 2.30. The molecule has 4 heteroatoms. The van der Waals surface area contributed by atoms with E-state index in [-0.39, 0.29) is 0 Å². The maximum absolute atomic E-state index is 11.2. The largest absolute Gasteiger partial charge is 0.373 e. The summed E-state index contributed by atoms with van der Waals surface area (Å²) in [5.41, 5.74) is 0. The molecular formula is C10H15NO3. The van der Waals surface area contributed by atoms with Crippen molar-refractivity contribution in [1.29, 1.82) is 0 Å². The van der Waals surface area contributed by atoms with E-state index in [1.54, 1.807) is 0 Å². The van der Waals surface area contributed by atoms with E-state index < -0.39 is 18.0 Å². The monoisotopic (exact) mass is 197 g/mol. The molecule has 0 bridgehead atoms. The lowest BCUT2D eigenvalue weighted by Crippen LogP contribution is -2.40. The predicted octanol–water partition coefficient (Wildman–Crippen LogP) is 0.666. The van der Waals surface area contributed by atoms with Crippen LogP contribution < -0.4 is 0 Å². The zero-order chi connectivity index (χ0) is 10.7. The van der Waals surface area contributed by atoms with Gasteiger partial charge in [0.15, 0.2) is 0 Å². The van der Waals surface area contributed by atoms with Gasteiger partial charge in [-0.3, -0.25) is 9.59 Å². The number of rotatable bonds is 4. The zero-order valence-electron chi connectivity index (χ0n) is 8.43. The first-order valence-corrected chi connectivity index (χ1v) is 4.79. The standard InChI is InChI=1S/C10H15NO3/c1-3-7(2)6-10(14)11-8(12)4-5-9(11)13/h4-5,7,10,14H,3,6H2,1-2H3. The normalized spacial score (nSPS) is 20.4. The number of carbonyl (C=O) groups excluding carboxylic acids is 2. The number of amides is 2. The molecule has 1 aliphatic heterocycles. The van der Waals surface area contributed by atoms with Crippen molar-refractivity contribution >= 4 is 11.8 Å². The van der Waals surface area contributed by atoms with Crippen molar-refractivity contribution in [2.24, 2.45) is 5.92 Å². The van der Waals surface area contributed by atoms with Gasteiger partial charge in [-0.15, -0.1) is 0 Å². The Kier molecular flexibility index (Phi) is 3.41. The van der Waals surface area contributed by atoms with Crippen LogP contribution in [0.5, 0.6) is 0 Å². The van der Waals surface area contributed by atoms with Crippen LogP contribution in [0.4, 0.5) is 0 Å². The Morgan fingerprint density at radius 1 is 1.36 bits per heavy atom. The summed E-state index contributed by atoms with van der Waals surface area (Å²) in [6.07, 6.45) is 2.74. The van der Waals surface area contributed by atoms with E-state index in [0.717, 1.165) is 11.3 Å². The fourth-order valence-corrected chi connectivity index (χ4v) is 1.34. The SMILES string of the molecule is CCC(C)CC(O)N1C(=O)C=CC1=O. The highest BCUT2D eigenvalue weighted by molar-refractivity contribution is 6.13. The lowest BCUT2D eigenvalue weighted by Gasteiger charge is -2.23. The molecule has 14 heavy (non-hydrogen) atoms. The smallest absolute Gasteiger partial charge is 0.255 e. The van der Waals surface area contributed by atoms with Crippen molar-refractivity contribution in [3.63, 3.8) is 0 Å². The predicted molar refractivity (Wildman–Crippen MR) is 51.1 cm³/mol. The van der Waals surface area contributed by atoms with E-state index in [1.807, 2.05) is 13.8 Å². The second kappa shape index (κ2) is 4.37. The lowest BCUT2D eigenvalue weighted by molar-refractivity contribution is -0.148. The molecule has 0 fully saturated rings. The Hall–Kier alpha value is -1.16. The maximum atomic E-state index is 11.2. The Bertz CT molecular complexity index is 255. The number of carbonyl (C=O) groups is 2. The van der Waals surface area contributed by atoms with Gasteiger partial charge in [-0.05, 0) is 12.3 Å². The van der Waals surface area contributed by atoms with E-state index in [2.05, 4.69) is 0 Å². The van der Waals surface area contributed by atoms with Gasteiger partial charge >= 0.3 is 0 Å². The maximum Gasteiger partial charge on any atom is 0.255 e. The van der Waals surface area contributed by atoms with E-state index >= 15 is 0 Å². The summed E-state index contributed by atoms with van der Waals surface area (Å²) in [5.74, 6) is -0.553. The number of aliphatic hydroxyl groups is 1. The highest BCUT2D eigenvalue weighted by Crippen LogP contribution is 2.16. The number of hydrogen-bond donors (Lipinski definition) is 1. The summed E-state index contributed by atoms with van der Waals surface area (Å²) in [7, 11) is 0. The van der Waals surface area contributed by atoms with Crippen LogP contribution in [0.15, 0.2) is 12.2 Å². The molecule has 2 amide bonds. The molecule has 1 N–H and O–H groups in total. The van der Waals surface area contributed by atoms with E-state index in [4.69, 9.17) is 0 Å². The molecule has 0 aromatic heterocycles. The summed E-state index contributed by atoms with van der Waals surface area (Å²) in [4.78, 5) is 23.2. The minimum Gasteiger partial charge on any atom is -0.373 e. The molecule has 2 unspecified atom stereocenters. The van der Waals surface area contributed by atoms with E-state index in [0.29, 0.717) is 12.3 Å². The minimum absolute atomic E-state index is 0.297. The Labute approximate surface area is 83.2 Å². The number of imide groups is 1. The average molecular weight is 197 g/mol. The summed E-state index contributed by atoms with van der Waals surface area (Å²) < 4.78 is 0. The second-order valence-corrected chi connectivity index (χ2v) is 3.61. The van der Waals surface area contributed by atoms with Gasteiger partial charge in [0.2, 0.25) is 0 Å². The Morgan fingerprint density at radius 2 is 1.86 bits per heavy atom. The van der Waals surface area contributed by atoms with Crippen LogP contribution in [-0.4, -0.2) is 28.0 Å². The molecule has 78 valence electrons. The zero-order valence-corrected chi connectivity index (χ0v) is 8.43. The molecular weight excluding hydrogens is 182 g/mol. The van der Waals surface area contributed by atoms with Crippen molar-refractivity contribution in [3.05, 3.63) is 12.2 Å². The molecule has 1 rings (SSSR count). The molecule has 0 aromatic carbocycles. The van der Waals surface area contributed by atoms with Gasteiger partial charge in [-0.1, -0.05) is 20.3 Å². The molecule has 4 nitrogen and oxygen atoms in total. The average Bonchev–Trinajstić information content (AvgIpc) is 2.46. The van der Waals surface area contributed by atoms with Crippen molar-refractivity contribution in [3.8, 4) is 0 Å². The minimum atomic E-state index is -0.986. The third kappa shape index (κ3) is 2.20. The first kappa shape index (κ1) is 10.9. The number of aliphatic hydroxyl groups excluding tert-OH is 1. The number of nitrogens with zero attached hydrogens (tertiary/aromatic N) is 1. The topological polar surface area (TPSA) is 57.6 Å². The van der Waals surface area contributed by atoms with E-state index in [9.17, 15) is 14.7 Å². The molecule has 2 atom stereocenters. The van der Waals surface area contributed by atoms with Crippen LogP contribution in [-0.2, 0) is 9.59 Å². The van der Waals surface area contributed by atoms with Crippen molar-refractivity contribution in [1.82, 2.24) is 4.90 Å². The van der Waals surface area contributed by atoms with Crippen molar-refractivity contribution < 1.29 is 14.7 Å².